The third-order valence-corrected chi connectivity index (χ3v) is 5.35. The van der Waals surface area contributed by atoms with Gasteiger partial charge in [0.1, 0.15) is 5.75 Å². The lowest BCUT2D eigenvalue weighted by Crippen LogP contribution is -2.41. The minimum Gasteiger partial charge on any atom is -0.433 e. The highest BCUT2D eigenvalue weighted by Gasteiger charge is 2.18. The van der Waals surface area contributed by atoms with E-state index in [1.165, 1.54) is 18.2 Å². The smallest absolute Gasteiger partial charge is 0.387 e. The second kappa shape index (κ2) is 11.5. The van der Waals surface area contributed by atoms with Gasteiger partial charge in [-0.15, -0.1) is 0 Å². The highest BCUT2D eigenvalue weighted by molar-refractivity contribution is 6.06. The van der Waals surface area contributed by atoms with Crippen LogP contribution >= 0.6 is 0 Å². The molecule has 0 aliphatic carbocycles. The third-order valence-electron chi connectivity index (χ3n) is 5.35. The van der Waals surface area contributed by atoms with Crippen molar-refractivity contribution in [1.82, 2.24) is 14.9 Å². The molecule has 0 spiro atoms. The van der Waals surface area contributed by atoms with Crippen LogP contribution in [0.2, 0.25) is 0 Å². The van der Waals surface area contributed by atoms with Crippen molar-refractivity contribution >= 4 is 29.1 Å². The molecule has 4 rings (SSSR count). The van der Waals surface area contributed by atoms with Gasteiger partial charge in [-0.05, 0) is 35.9 Å². The summed E-state index contributed by atoms with van der Waals surface area (Å²) in [4.78, 5) is 35.1. The van der Waals surface area contributed by atoms with E-state index in [-0.39, 0.29) is 29.5 Å². The topological polar surface area (TPSA) is 132 Å². The van der Waals surface area contributed by atoms with E-state index in [0.29, 0.717) is 32.0 Å². The molecule has 2 aromatic carbocycles. The SMILES string of the molecule is Nc1ncc(-c2ccc(NC(=O)c3ccc(OC(F)F)c(NC(=O)CN4CCOCC4)c3)cc2)cn1. The van der Waals surface area contributed by atoms with Gasteiger partial charge in [-0.1, -0.05) is 12.1 Å². The largest absolute Gasteiger partial charge is 0.433 e. The summed E-state index contributed by atoms with van der Waals surface area (Å²) in [5, 5.41) is 5.31. The lowest BCUT2D eigenvalue weighted by Gasteiger charge is -2.26. The Morgan fingerprint density at radius 3 is 2.39 bits per heavy atom. The van der Waals surface area contributed by atoms with Crippen LogP contribution < -0.4 is 21.1 Å². The summed E-state index contributed by atoms with van der Waals surface area (Å²) in [6.07, 6.45) is 3.18. The number of hydrogen-bond acceptors (Lipinski definition) is 8. The number of rotatable bonds is 8. The number of halogens is 2. The van der Waals surface area contributed by atoms with Gasteiger partial charge >= 0.3 is 6.61 Å². The number of anilines is 3. The number of ether oxygens (including phenoxy) is 2. The number of nitrogen functional groups attached to an aromatic ring is 1. The van der Waals surface area contributed by atoms with E-state index < -0.39 is 18.4 Å². The predicted molar refractivity (Wildman–Crippen MR) is 129 cm³/mol. The van der Waals surface area contributed by atoms with E-state index in [2.05, 4.69) is 25.3 Å². The average molecular weight is 498 g/mol. The van der Waals surface area contributed by atoms with Crippen LogP contribution in [0.15, 0.2) is 54.9 Å². The summed E-state index contributed by atoms with van der Waals surface area (Å²) in [5.74, 6) is -0.988. The summed E-state index contributed by atoms with van der Waals surface area (Å²) in [6.45, 7) is -0.848. The van der Waals surface area contributed by atoms with E-state index in [1.54, 1.807) is 36.7 Å². The van der Waals surface area contributed by atoms with Crippen LogP contribution in [0.3, 0.4) is 0 Å². The van der Waals surface area contributed by atoms with E-state index in [9.17, 15) is 18.4 Å². The Bertz CT molecular complexity index is 1200. The van der Waals surface area contributed by atoms with Crippen molar-refractivity contribution in [2.24, 2.45) is 0 Å². The van der Waals surface area contributed by atoms with Crippen molar-refractivity contribution in [3.8, 4) is 16.9 Å². The molecule has 0 unspecified atom stereocenters. The van der Waals surface area contributed by atoms with E-state index >= 15 is 0 Å². The van der Waals surface area contributed by atoms with Gasteiger partial charge in [-0.3, -0.25) is 14.5 Å². The number of hydrogen-bond donors (Lipinski definition) is 3. The first-order valence-corrected chi connectivity index (χ1v) is 11.1. The fourth-order valence-corrected chi connectivity index (χ4v) is 3.56. The highest BCUT2D eigenvalue weighted by Crippen LogP contribution is 2.28. The standard InChI is InChI=1S/C24H24F2N6O4/c25-23(26)36-20-6-3-16(11-19(20)31-21(33)14-32-7-9-35-10-8-32)22(34)30-18-4-1-15(2-5-18)17-12-28-24(27)29-13-17/h1-6,11-13,23H,7-10,14H2,(H,30,34)(H,31,33)(H2,27,28,29). The summed E-state index contributed by atoms with van der Waals surface area (Å²) in [6, 6.07) is 10.8. The Kier molecular flexibility index (Phi) is 7.98. The van der Waals surface area contributed by atoms with Gasteiger partial charge in [-0.2, -0.15) is 8.78 Å². The number of benzene rings is 2. The zero-order valence-corrected chi connectivity index (χ0v) is 19.1. The fourth-order valence-electron chi connectivity index (χ4n) is 3.56. The van der Waals surface area contributed by atoms with Crippen LogP contribution in [0.25, 0.3) is 11.1 Å². The zero-order chi connectivity index (χ0) is 25.5. The summed E-state index contributed by atoms with van der Waals surface area (Å²) >= 11 is 0. The molecule has 188 valence electrons. The van der Waals surface area contributed by atoms with Gasteiger partial charge in [0.05, 0.1) is 25.4 Å². The molecular weight excluding hydrogens is 474 g/mol. The number of nitrogens with one attached hydrogen (secondary N) is 2. The molecule has 2 heterocycles. The van der Waals surface area contributed by atoms with Gasteiger partial charge in [0, 0.05) is 42.3 Å². The molecule has 12 heteroatoms. The average Bonchev–Trinajstić information content (AvgIpc) is 2.86. The summed E-state index contributed by atoms with van der Waals surface area (Å²) in [7, 11) is 0. The maximum atomic E-state index is 12.9. The van der Waals surface area contributed by atoms with Gasteiger partial charge in [0.2, 0.25) is 11.9 Å². The molecule has 1 fully saturated rings. The Labute approximate surface area is 205 Å². The number of carbonyl (C=O) groups excluding carboxylic acids is 2. The zero-order valence-electron chi connectivity index (χ0n) is 19.1. The molecule has 4 N–H and O–H groups in total. The number of alkyl halides is 2. The Morgan fingerprint density at radius 1 is 1.03 bits per heavy atom. The first-order chi connectivity index (χ1) is 17.4. The first-order valence-electron chi connectivity index (χ1n) is 11.1. The van der Waals surface area contributed by atoms with Crippen LogP contribution in [0.4, 0.5) is 26.1 Å². The van der Waals surface area contributed by atoms with Crippen molar-refractivity contribution < 1.29 is 27.8 Å². The monoisotopic (exact) mass is 498 g/mol. The maximum absolute atomic E-state index is 12.9. The van der Waals surface area contributed by atoms with Crippen molar-refractivity contribution in [3.05, 3.63) is 60.4 Å². The molecular formula is C24H24F2N6O4. The molecule has 1 aromatic heterocycles. The maximum Gasteiger partial charge on any atom is 0.387 e. The number of nitrogens with two attached hydrogens (primary N) is 1. The van der Waals surface area contributed by atoms with Crippen molar-refractivity contribution in [3.63, 3.8) is 0 Å². The highest BCUT2D eigenvalue weighted by atomic mass is 19.3. The molecule has 0 bridgehead atoms. The number of morpholine rings is 1. The minimum absolute atomic E-state index is 0.0279. The molecule has 36 heavy (non-hydrogen) atoms. The van der Waals surface area contributed by atoms with Crippen molar-refractivity contribution in [1.29, 1.82) is 0 Å². The molecule has 0 atom stereocenters. The lowest BCUT2D eigenvalue weighted by molar-refractivity contribution is -0.118. The Balaban J connectivity index is 1.46. The minimum atomic E-state index is -3.09. The number of amides is 2. The van der Waals surface area contributed by atoms with Crippen LogP contribution in [-0.2, 0) is 9.53 Å². The molecule has 1 aliphatic heterocycles. The lowest BCUT2D eigenvalue weighted by atomic mass is 10.1. The van der Waals surface area contributed by atoms with Gasteiger partial charge in [0.25, 0.3) is 5.91 Å². The second-order valence-electron chi connectivity index (χ2n) is 7.89. The molecule has 2 amide bonds. The number of carbonyl (C=O) groups is 2. The second-order valence-corrected chi connectivity index (χ2v) is 7.89. The van der Waals surface area contributed by atoms with E-state index in [4.69, 9.17) is 10.5 Å². The summed E-state index contributed by atoms with van der Waals surface area (Å²) in [5.41, 5.74) is 7.72. The molecule has 10 nitrogen and oxygen atoms in total. The van der Waals surface area contributed by atoms with E-state index in [1.807, 2.05) is 4.90 Å². The van der Waals surface area contributed by atoms with Crippen LogP contribution in [0.1, 0.15) is 10.4 Å². The van der Waals surface area contributed by atoms with Crippen LogP contribution in [0, 0.1) is 0 Å². The quantitative estimate of drug-likeness (QED) is 0.432. The van der Waals surface area contributed by atoms with Crippen LogP contribution in [0.5, 0.6) is 5.75 Å². The van der Waals surface area contributed by atoms with Crippen molar-refractivity contribution in [2.75, 3.05) is 49.2 Å². The third kappa shape index (κ3) is 6.71. The normalized spacial score (nSPS) is 13.9. The van der Waals surface area contributed by atoms with Gasteiger partial charge in [-0.25, -0.2) is 9.97 Å². The molecule has 0 saturated carbocycles. The predicted octanol–water partition coefficient (Wildman–Crippen LogP) is 2.85. The van der Waals surface area contributed by atoms with Gasteiger partial charge in [0.15, 0.2) is 0 Å². The molecule has 0 radical (unpaired) electrons. The number of aromatic nitrogens is 2. The fraction of sp³-hybridized carbons (Fsp3) is 0.250. The van der Waals surface area contributed by atoms with Crippen LogP contribution in [-0.4, -0.2) is 66.1 Å². The molecule has 1 saturated heterocycles. The summed E-state index contributed by atoms with van der Waals surface area (Å²) < 4.78 is 35.5. The Morgan fingerprint density at radius 2 is 1.72 bits per heavy atom. The molecule has 1 aliphatic rings. The van der Waals surface area contributed by atoms with E-state index in [0.717, 1.165) is 11.1 Å². The molecule has 3 aromatic rings. The first kappa shape index (κ1) is 24.9. The number of nitrogens with zero attached hydrogens (tertiary/aromatic N) is 3. The van der Waals surface area contributed by atoms with Crippen molar-refractivity contribution in [2.45, 2.75) is 6.61 Å². The van der Waals surface area contributed by atoms with Gasteiger partial charge < -0.3 is 25.8 Å². The Hall–Kier alpha value is -4.16.